The third kappa shape index (κ3) is 4.92. The first-order chi connectivity index (χ1) is 23.8. The molecule has 9 aromatic rings. The summed E-state index contributed by atoms with van der Waals surface area (Å²) in [4.78, 5) is 2.38. The molecule has 0 unspecified atom stereocenters. The summed E-state index contributed by atoms with van der Waals surface area (Å²) in [7, 11) is 0. The van der Waals surface area contributed by atoms with Gasteiger partial charge in [0, 0.05) is 27.5 Å². The number of rotatable bonds is 6. The van der Waals surface area contributed by atoms with Crippen LogP contribution in [0.15, 0.2) is 192 Å². The van der Waals surface area contributed by atoms with Crippen molar-refractivity contribution in [2.24, 2.45) is 0 Å². The molecule has 1 heterocycles. The highest BCUT2D eigenvalue weighted by Gasteiger charge is 2.20. The van der Waals surface area contributed by atoms with Crippen LogP contribution in [0, 0.1) is 0 Å². The van der Waals surface area contributed by atoms with Crippen molar-refractivity contribution in [1.29, 1.82) is 0 Å². The van der Waals surface area contributed by atoms with E-state index in [0.29, 0.717) is 0 Å². The SMILES string of the molecule is c1ccc(-c2ccc(N(c3ccc(-c4ccccc4)cc3)c3cccc4ccc5oc6ccc(-c7ccccc7)cc6c5c34)cc2)cc1. The van der Waals surface area contributed by atoms with E-state index in [4.69, 9.17) is 4.42 Å². The fourth-order valence-electron chi connectivity index (χ4n) is 6.92. The number of hydrogen-bond donors (Lipinski definition) is 0. The second kappa shape index (κ2) is 11.8. The number of hydrogen-bond acceptors (Lipinski definition) is 2. The normalized spacial score (nSPS) is 11.3. The molecule has 2 nitrogen and oxygen atoms in total. The Balaban J connectivity index is 1.27. The van der Waals surface area contributed by atoms with Gasteiger partial charge in [-0.05, 0) is 87.3 Å². The second-order valence-electron chi connectivity index (χ2n) is 12.2. The molecule has 0 spiro atoms. The van der Waals surface area contributed by atoms with Crippen LogP contribution in [0.5, 0.6) is 0 Å². The van der Waals surface area contributed by atoms with Crippen molar-refractivity contribution < 1.29 is 4.42 Å². The summed E-state index contributed by atoms with van der Waals surface area (Å²) in [5.74, 6) is 0. The highest BCUT2D eigenvalue weighted by molar-refractivity contribution is 6.23. The van der Waals surface area contributed by atoms with Crippen LogP contribution in [0.3, 0.4) is 0 Å². The van der Waals surface area contributed by atoms with Gasteiger partial charge in [-0.15, -0.1) is 0 Å². The highest BCUT2D eigenvalue weighted by Crippen LogP contribution is 2.45. The van der Waals surface area contributed by atoms with Crippen LogP contribution >= 0.6 is 0 Å². The van der Waals surface area contributed by atoms with Crippen LogP contribution in [-0.4, -0.2) is 0 Å². The van der Waals surface area contributed by atoms with E-state index in [9.17, 15) is 0 Å². The zero-order valence-electron chi connectivity index (χ0n) is 26.3. The van der Waals surface area contributed by atoms with E-state index in [1.54, 1.807) is 0 Å². The third-order valence-corrected chi connectivity index (χ3v) is 9.27. The molecule has 8 aromatic carbocycles. The minimum absolute atomic E-state index is 0.883. The van der Waals surface area contributed by atoms with Gasteiger partial charge in [0.25, 0.3) is 0 Å². The van der Waals surface area contributed by atoms with Gasteiger partial charge in [-0.25, -0.2) is 0 Å². The van der Waals surface area contributed by atoms with Gasteiger partial charge in [0.05, 0.1) is 5.69 Å². The van der Waals surface area contributed by atoms with Crippen LogP contribution in [0.25, 0.3) is 66.1 Å². The van der Waals surface area contributed by atoms with E-state index in [1.165, 1.54) is 44.2 Å². The number of nitrogens with zero attached hydrogens (tertiary/aromatic N) is 1. The van der Waals surface area contributed by atoms with Gasteiger partial charge in [0.2, 0.25) is 0 Å². The van der Waals surface area contributed by atoms with Gasteiger partial charge in [-0.1, -0.05) is 140 Å². The molecule has 0 N–H and O–H groups in total. The molecular weight excluding hydrogens is 583 g/mol. The fourth-order valence-corrected chi connectivity index (χ4v) is 6.92. The van der Waals surface area contributed by atoms with Crippen molar-refractivity contribution in [3.8, 4) is 33.4 Å². The molecule has 0 aliphatic heterocycles. The average molecular weight is 614 g/mol. The summed E-state index contributed by atoms with van der Waals surface area (Å²) in [5.41, 5.74) is 12.2. The summed E-state index contributed by atoms with van der Waals surface area (Å²) in [6.07, 6.45) is 0. The number of anilines is 3. The average Bonchev–Trinajstić information content (AvgIpc) is 3.55. The lowest BCUT2D eigenvalue weighted by molar-refractivity contribution is 0.669. The fraction of sp³-hybridized carbons (Fsp3) is 0. The molecule has 226 valence electrons. The minimum Gasteiger partial charge on any atom is -0.456 e. The van der Waals surface area contributed by atoms with Crippen molar-refractivity contribution in [2.45, 2.75) is 0 Å². The van der Waals surface area contributed by atoms with Crippen LogP contribution < -0.4 is 4.90 Å². The highest BCUT2D eigenvalue weighted by atomic mass is 16.3. The van der Waals surface area contributed by atoms with Gasteiger partial charge in [0.15, 0.2) is 0 Å². The van der Waals surface area contributed by atoms with Crippen LogP contribution in [0.4, 0.5) is 17.1 Å². The van der Waals surface area contributed by atoms with Crippen LogP contribution in [-0.2, 0) is 0 Å². The smallest absolute Gasteiger partial charge is 0.136 e. The summed E-state index contributed by atoms with van der Waals surface area (Å²) in [6, 6.07) is 66.8. The largest absolute Gasteiger partial charge is 0.456 e. The van der Waals surface area contributed by atoms with Crippen molar-refractivity contribution in [3.05, 3.63) is 188 Å². The van der Waals surface area contributed by atoms with E-state index in [2.05, 4.69) is 193 Å². The predicted molar refractivity (Wildman–Crippen MR) is 202 cm³/mol. The Kier molecular flexibility index (Phi) is 6.84. The summed E-state index contributed by atoms with van der Waals surface area (Å²) >= 11 is 0. The Morgan fingerprint density at radius 2 is 0.812 bits per heavy atom. The minimum atomic E-state index is 0.883. The van der Waals surface area contributed by atoms with E-state index in [0.717, 1.165) is 39.0 Å². The molecule has 48 heavy (non-hydrogen) atoms. The zero-order valence-corrected chi connectivity index (χ0v) is 26.3. The molecule has 0 radical (unpaired) electrons. The number of benzene rings is 8. The van der Waals surface area contributed by atoms with E-state index >= 15 is 0 Å². The second-order valence-corrected chi connectivity index (χ2v) is 12.2. The van der Waals surface area contributed by atoms with Gasteiger partial charge in [-0.3, -0.25) is 0 Å². The van der Waals surface area contributed by atoms with Crippen LogP contribution in [0.2, 0.25) is 0 Å². The molecule has 0 aliphatic rings. The van der Waals surface area contributed by atoms with Crippen molar-refractivity contribution in [2.75, 3.05) is 4.90 Å². The quantitative estimate of drug-likeness (QED) is 0.185. The molecule has 0 saturated carbocycles. The summed E-state index contributed by atoms with van der Waals surface area (Å²) in [6.45, 7) is 0. The Bertz CT molecular complexity index is 2430. The maximum atomic E-state index is 6.51. The van der Waals surface area contributed by atoms with E-state index < -0.39 is 0 Å². The van der Waals surface area contributed by atoms with Gasteiger partial charge in [-0.2, -0.15) is 0 Å². The molecule has 0 bridgehead atoms. The molecule has 0 saturated heterocycles. The number of furan rings is 1. The lowest BCUT2D eigenvalue weighted by Gasteiger charge is -2.27. The molecule has 0 atom stereocenters. The Morgan fingerprint density at radius 1 is 0.333 bits per heavy atom. The maximum Gasteiger partial charge on any atom is 0.136 e. The zero-order chi connectivity index (χ0) is 31.9. The number of fused-ring (bicyclic) bond motifs is 5. The molecule has 1 aromatic heterocycles. The Morgan fingerprint density at radius 3 is 1.38 bits per heavy atom. The monoisotopic (exact) mass is 613 g/mol. The topological polar surface area (TPSA) is 16.4 Å². The van der Waals surface area contributed by atoms with Gasteiger partial charge < -0.3 is 9.32 Å². The van der Waals surface area contributed by atoms with Crippen molar-refractivity contribution in [1.82, 2.24) is 0 Å². The lowest BCUT2D eigenvalue weighted by atomic mass is 9.98. The van der Waals surface area contributed by atoms with Crippen LogP contribution in [0.1, 0.15) is 0 Å². The third-order valence-electron chi connectivity index (χ3n) is 9.27. The Labute approximate surface area is 279 Å². The molecule has 9 rings (SSSR count). The standard InChI is InChI=1S/C46H31NO/c1-4-11-32(12-5-1)35-19-25-39(26-20-35)47(40-27-21-36(22-28-40)33-13-6-2-7-14-33)42-18-10-17-37-23-30-44-46(45(37)42)41-31-38(24-29-43(41)48-44)34-15-8-3-9-16-34/h1-31H. The molecule has 0 fully saturated rings. The van der Waals surface area contributed by atoms with Crippen molar-refractivity contribution >= 4 is 49.8 Å². The molecular formula is C46H31NO. The molecule has 0 amide bonds. The lowest BCUT2D eigenvalue weighted by Crippen LogP contribution is -2.10. The van der Waals surface area contributed by atoms with E-state index in [-0.39, 0.29) is 0 Å². The molecule has 0 aliphatic carbocycles. The predicted octanol–water partition coefficient (Wildman–Crippen LogP) is 13.2. The van der Waals surface area contributed by atoms with E-state index in [1.807, 2.05) is 0 Å². The summed E-state index contributed by atoms with van der Waals surface area (Å²) < 4.78 is 6.51. The van der Waals surface area contributed by atoms with Gasteiger partial charge >= 0.3 is 0 Å². The Hall–Kier alpha value is -6.38. The van der Waals surface area contributed by atoms with Crippen molar-refractivity contribution in [3.63, 3.8) is 0 Å². The summed E-state index contributed by atoms with van der Waals surface area (Å²) in [5, 5.41) is 4.57. The first-order valence-electron chi connectivity index (χ1n) is 16.3. The first-order valence-corrected chi connectivity index (χ1v) is 16.3. The maximum absolute atomic E-state index is 6.51. The molecule has 2 heteroatoms. The van der Waals surface area contributed by atoms with Gasteiger partial charge in [0.1, 0.15) is 11.2 Å². The first kappa shape index (κ1) is 27.9.